The molecule has 39 heavy (non-hydrogen) atoms. The lowest BCUT2D eigenvalue weighted by atomic mass is 9.45. The molecule has 0 saturated heterocycles. The molecule has 4 aliphatic rings. The first kappa shape index (κ1) is 31.6. The number of allylic oxidation sites excluding steroid dienone is 1. The van der Waals surface area contributed by atoms with Gasteiger partial charge >= 0.3 is 0 Å². The number of rotatable bonds is 15. The van der Waals surface area contributed by atoms with Crippen molar-refractivity contribution in [2.24, 2.45) is 39.9 Å². The summed E-state index contributed by atoms with van der Waals surface area (Å²) in [7, 11) is 0. The molecule has 0 heterocycles. The van der Waals surface area contributed by atoms with Crippen LogP contribution in [-0.4, -0.2) is 32.2 Å². The van der Waals surface area contributed by atoms with Crippen molar-refractivity contribution in [1.82, 2.24) is 0 Å². The highest BCUT2D eigenvalue weighted by molar-refractivity contribution is 5.27. The van der Waals surface area contributed by atoms with Crippen LogP contribution in [0.25, 0.3) is 0 Å². The molecule has 0 bridgehead atoms. The number of hydrogen-bond acceptors (Lipinski definition) is 3. The van der Waals surface area contributed by atoms with Gasteiger partial charge in [-0.05, 0) is 125 Å². The van der Waals surface area contributed by atoms with Crippen LogP contribution in [0.1, 0.15) is 145 Å². The van der Waals surface area contributed by atoms with E-state index < -0.39 is 0 Å². The maximum absolute atomic E-state index is 6.85. The van der Waals surface area contributed by atoms with Crippen molar-refractivity contribution in [3.05, 3.63) is 11.6 Å². The van der Waals surface area contributed by atoms with Gasteiger partial charge in [-0.2, -0.15) is 0 Å². The van der Waals surface area contributed by atoms with Crippen LogP contribution in [0, 0.1) is 39.9 Å². The molecule has 4 aliphatic carbocycles. The minimum atomic E-state index is -0.0516. The fourth-order valence-corrected chi connectivity index (χ4v) is 10.5. The molecule has 7 unspecified atom stereocenters. The second-order valence-electron chi connectivity index (χ2n) is 14.8. The Morgan fingerprint density at radius 3 is 2.41 bits per heavy atom. The zero-order valence-corrected chi connectivity index (χ0v) is 27.0. The summed E-state index contributed by atoms with van der Waals surface area (Å²) in [6.07, 6.45) is 22.8. The van der Waals surface area contributed by atoms with Crippen molar-refractivity contribution in [1.29, 1.82) is 0 Å². The fourth-order valence-electron chi connectivity index (χ4n) is 10.5. The van der Waals surface area contributed by atoms with E-state index in [1.54, 1.807) is 5.57 Å². The largest absolute Gasteiger partial charge is 0.377 e. The molecule has 0 spiro atoms. The molecule has 4 rings (SSSR count). The lowest BCUT2D eigenvalue weighted by molar-refractivity contribution is -0.142. The Morgan fingerprint density at radius 2 is 1.69 bits per heavy atom. The van der Waals surface area contributed by atoms with Gasteiger partial charge in [-0.3, -0.25) is 0 Å². The quantitative estimate of drug-likeness (QED) is 0.117. The van der Waals surface area contributed by atoms with Gasteiger partial charge in [-0.15, -0.1) is 0 Å². The van der Waals surface area contributed by atoms with Gasteiger partial charge in [0.25, 0.3) is 0 Å². The Hall–Kier alpha value is -0.380. The minimum absolute atomic E-state index is 0.0516. The van der Waals surface area contributed by atoms with Crippen LogP contribution in [0.5, 0.6) is 0 Å². The van der Waals surface area contributed by atoms with E-state index in [4.69, 9.17) is 14.2 Å². The molecule has 0 N–H and O–H groups in total. The molecule has 7 atom stereocenters. The van der Waals surface area contributed by atoms with Crippen molar-refractivity contribution in [2.45, 2.75) is 157 Å². The molecule has 3 nitrogen and oxygen atoms in total. The van der Waals surface area contributed by atoms with Gasteiger partial charge in [0, 0.05) is 25.2 Å². The highest BCUT2D eigenvalue weighted by atomic mass is 16.7. The molecule has 0 aromatic heterocycles. The third-order valence-electron chi connectivity index (χ3n) is 12.3. The van der Waals surface area contributed by atoms with E-state index in [0.29, 0.717) is 16.9 Å². The van der Waals surface area contributed by atoms with Crippen molar-refractivity contribution < 1.29 is 14.2 Å². The van der Waals surface area contributed by atoms with Gasteiger partial charge in [-0.1, -0.05) is 65.5 Å². The van der Waals surface area contributed by atoms with Crippen LogP contribution in [0.4, 0.5) is 0 Å². The molecule has 3 heteroatoms. The van der Waals surface area contributed by atoms with E-state index >= 15 is 0 Å². The molecule has 3 saturated carbocycles. The Bertz CT molecular complexity index is 782. The Morgan fingerprint density at radius 1 is 0.923 bits per heavy atom. The van der Waals surface area contributed by atoms with Crippen molar-refractivity contribution in [2.75, 3.05) is 19.8 Å². The van der Waals surface area contributed by atoms with E-state index in [9.17, 15) is 0 Å². The minimum Gasteiger partial charge on any atom is -0.377 e. The SMILES string of the molecule is CCCCCC(C)(C)C1CCC2C3CC=C4CCCC(OCCCCC(OCC)OCC)C4(C)C3CCC21C. The molecular formula is C36H64O3. The van der Waals surface area contributed by atoms with Gasteiger partial charge in [0.2, 0.25) is 0 Å². The van der Waals surface area contributed by atoms with Gasteiger partial charge in [0.05, 0.1) is 6.10 Å². The zero-order valence-electron chi connectivity index (χ0n) is 27.0. The fraction of sp³-hybridized carbons (Fsp3) is 0.944. The first-order chi connectivity index (χ1) is 18.7. The number of fused-ring (bicyclic) bond motifs is 5. The molecule has 0 amide bonds. The number of hydrogen-bond donors (Lipinski definition) is 0. The zero-order chi connectivity index (χ0) is 28.1. The molecular weight excluding hydrogens is 480 g/mol. The predicted octanol–water partition coefficient (Wildman–Crippen LogP) is 10.1. The first-order valence-electron chi connectivity index (χ1n) is 17.3. The molecule has 0 radical (unpaired) electrons. The van der Waals surface area contributed by atoms with Crippen molar-refractivity contribution in [3.63, 3.8) is 0 Å². The van der Waals surface area contributed by atoms with Crippen LogP contribution < -0.4 is 0 Å². The number of ether oxygens (including phenoxy) is 3. The van der Waals surface area contributed by atoms with Crippen LogP contribution >= 0.6 is 0 Å². The van der Waals surface area contributed by atoms with Crippen LogP contribution in [0.3, 0.4) is 0 Å². The average Bonchev–Trinajstić information content (AvgIpc) is 3.27. The summed E-state index contributed by atoms with van der Waals surface area (Å²) in [5, 5.41) is 0. The Balaban J connectivity index is 1.40. The van der Waals surface area contributed by atoms with Gasteiger partial charge < -0.3 is 14.2 Å². The Kier molecular flexibility index (Phi) is 11.1. The van der Waals surface area contributed by atoms with E-state index in [-0.39, 0.29) is 11.7 Å². The van der Waals surface area contributed by atoms with Gasteiger partial charge in [0.15, 0.2) is 6.29 Å². The van der Waals surface area contributed by atoms with E-state index in [0.717, 1.165) is 62.8 Å². The predicted molar refractivity (Wildman–Crippen MR) is 164 cm³/mol. The maximum Gasteiger partial charge on any atom is 0.157 e. The highest BCUT2D eigenvalue weighted by Crippen LogP contribution is 2.69. The summed E-state index contributed by atoms with van der Waals surface area (Å²) in [5.41, 5.74) is 3.01. The summed E-state index contributed by atoms with van der Waals surface area (Å²) in [6.45, 7) is 19.3. The van der Waals surface area contributed by atoms with Crippen LogP contribution in [0.2, 0.25) is 0 Å². The van der Waals surface area contributed by atoms with Gasteiger partial charge in [-0.25, -0.2) is 0 Å². The highest BCUT2D eigenvalue weighted by Gasteiger charge is 2.61. The molecule has 0 aromatic rings. The van der Waals surface area contributed by atoms with Crippen LogP contribution in [-0.2, 0) is 14.2 Å². The van der Waals surface area contributed by atoms with Crippen molar-refractivity contribution >= 4 is 0 Å². The van der Waals surface area contributed by atoms with Crippen LogP contribution in [0.15, 0.2) is 11.6 Å². The molecule has 0 aliphatic heterocycles. The average molecular weight is 545 g/mol. The summed E-state index contributed by atoms with van der Waals surface area (Å²) in [6, 6.07) is 0. The molecule has 3 fully saturated rings. The summed E-state index contributed by atoms with van der Waals surface area (Å²) in [5.74, 6) is 3.46. The lowest BCUT2D eigenvalue weighted by Gasteiger charge is -2.60. The van der Waals surface area contributed by atoms with Gasteiger partial charge in [0.1, 0.15) is 0 Å². The Labute approximate surface area is 242 Å². The summed E-state index contributed by atoms with van der Waals surface area (Å²) < 4.78 is 18.3. The second-order valence-corrected chi connectivity index (χ2v) is 14.8. The lowest BCUT2D eigenvalue weighted by Crippen LogP contribution is -2.55. The third kappa shape index (κ3) is 6.51. The monoisotopic (exact) mass is 544 g/mol. The third-order valence-corrected chi connectivity index (χ3v) is 12.3. The maximum atomic E-state index is 6.85. The number of unbranched alkanes of at least 4 members (excludes halogenated alkanes) is 3. The summed E-state index contributed by atoms with van der Waals surface area (Å²) in [4.78, 5) is 0. The van der Waals surface area contributed by atoms with E-state index in [1.807, 2.05) is 0 Å². The smallest absolute Gasteiger partial charge is 0.157 e. The summed E-state index contributed by atoms with van der Waals surface area (Å²) >= 11 is 0. The van der Waals surface area contributed by atoms with E-state index in [1.165, 1.54) is 77.0 Å². The standard InChI is InChI=1S/C36H64O3/c1-8-11-13-24-34(4,5)31-22-21-29-28-20-19-27-16-15-17-32(36(27,7)30(28)23-25-35(29,31)6)39-26-14-12-18-33(37-9-2)38-10-3/h19,28-33H,8-18,20-26H2,1-7H3. The normalized spacial score (nSPS) is 36.4. The van der Waals surface area contributed by atoms with E-state index in [2.05, 4.69) is 54.5 Å². The second kappa shape index (κ2) is 13.7. The first-order valence-corrected chi connectivity index (χ1v) is 17.3. The van der Waals surface area contributed by atoms with Crippen molar-refractivity contribution in [3.8, 4) is 0 Å². The molecule has 226 valence electrons. The molecule has 0 aromatic carbocycles. The topological polar surface area (TPSA) is 27.7 Å².